The summed E-state index contributed by atoms with van der Waals surface area (Å²) in [7, 11) is 1.72. The zero-order valence-electron chi connectivity index (χ0n) is 12.5. The first-order valence-electron chi connectivity index (χ1n) is 7.26. The van der Waals surface area contributed by atoms with Crippen molar-refractivity contribution in [2.24, 2.45) is 0 Å². The molecule has 1 N–H and O–H groups in total. The molecule has 106 valence electrons. The van der Waals surface area contributed by atoms with Crippen LogP contribution in [0.15, 0.2) is 48.5 Å². The van der Waals surface area contributed by atoms with Gasteiger partial charge in [0, 0.05) is 11.6 Å². The molecule has 2 rings (SSSR count). The van der Waals surface area contributed by atoms with E-state index in [0.29, 0.717) is 6.04 Å². The van der Waals surface area contributed by atoms with Crippen LogP contribution in [0.25, 0.3) is 11.1 Å². The van der Waals surface area contributed by atoms with Crippen LogP contribution in [0.3, 0.4) is 0 Å². The van der Waals surface area contributed by atoms with Gasteiger partial charge >= 0.3 is 0 Å². The Labute approximate surface area is 121 Å². The van der Waals surface area contributed by atoms with E-state index in [0.717, 1.165) is 24.3 Å². The van der Waals surface area contributed by atoms with Gasteiger partial charge in [0.15, 0.2) is 0 Å². The molecule has 0 bridgehead atoms. The Morgan fingerprint density at radius 3 is 2.55 bits per heavy atom. The van der Waals surface area contributed by atoms with Crippen molar-refractivity contribution in [3.63, 3.8) is 0 Å². The Morgan fingerprint density at radius 2 is 1.85 bits per heavy atom. The highest BCUT2D eigenvalue weighted by Gasteiger charge is 2.10. The lowest BCUT2D eigenvalue weighted by Crippen LogP contribution is -2.19. The van der Waals surface area contributed by atoms with Crippen molar-refractivity contribution >= 4 is 0 Å². The average molecular weight is 269 g/mol. The van der Waals surface area contributed by atoms with Crippen molar-refractivity contribution in [3.8, 4) is 16.9 Å². The summed E-state index contributed by atoms with van der Waals surface area (Å²) in [5.74, 6) is 0.918. The van der Waals surface area contributed by atoms with Crippen LogP contribution in [-0.2, 0) is 0 Å². The highest BCUT2D eigenvalue weighted by Crippen LogP contribution is 2.31. The maximum atomic E-state index is 5.46. The molecule has 0 aliphatic carbocycles. The topological polar surface area (TPSA) is 21.3 Å². The fourth-order valence-electron chi connectivity index (χ4n) is 2.55. The quantitative estimate of drug-likeness (QED) is 0.838. The smallest absolute Gasteiger partial charge is 0.126 e. The van der Waals surface area contributed by atoms with Gasteiger partial charge in [0.25, 0.3) is 0 Å². The van der Waals surface area contributed by atoms with Crippen molar-refractivity contribution in [2.75, 3.05) is 13.7 Å². The zero-order valence-corrected chi connectivity index (χ0v) is 12.5. The number of ether oxygens (including phenoxy) is 1. The number of hydrogen-bond acceptors (Lipinski definition) is 2. The maximum Gasteiger partial charge on any atom is 0.126 e. The molecule has 0 saturated heterocycles. The van der Waals surface area contributed by atoms with Crippen LogP contribution < -0.4 is 10.1 Å². The summed E-state index contributed by atoms with van der Waals surface area (Å²) in [6.45, 7) is 5.34. The summed E-state index contributed by atoms with van der Waals surface area (Å²) in [6.07, 6.45) is 1.09. The van der Waals surface area contributed by atoms with E-state index in [1.807, 2.05) is 18.2 Å². The third kappa shape index (κ3) is 3.20. The van der Waals surface area contributed by atoms with Gasteiger partial charge in [-0.25, -0.2) is 0 Å². The molecule has 0 aliphatic rings. The highest BCUT2D eigenvalue weighted by molar-refractivity contribution is 5.71. The van der Waals surface area contributed by atoms with E-state index in [4.69, 9.17) is 4.74 Å². The molecule has 2 aromatic carbocycles. The van der Waals surface area contributed by atoms with Crippen molar-refractivity contribution in [3.05, 3.63) is 54.1 Å². The third-order valence-electron chi connectivity index (χ3n) is 3.57. The zero-order chi connectivity index (χ0) is 14.4. The van der Waals surface area contributed by atoms with Crippen LogP contribution in [0.1, 0.15) is 31.9 Å². The first-order valence-corrected chi connectivity index (χ1v) is 7.26. The molecule has 2 aromatic rings. The molecule has 0 spiro atoms. The van der Waals surface area contributed by atoms with E-state index < -0.39 is 0 Å². The van der Waals surface area contributed by atoms with Gasteiger partial charge < -0.3 is 10.1 Å². The Balaban J connectivity index is 2.38. The molecule has 2 heteroatoms. The van der Waals surface area contributed by atoms with E-state index >= 15 is 0 Å². The minimum atomic E-state index is 0.412. The van der Waals surface area contributed by atoms with Gasteiger partial charge in [-0.15, -0.1) is 0 Å². The molecular formula is C18H23NO. The first-order chi connectivity index (χ1) is 9.80. The lowest BCUT2D eigenvalue weighted by atomic mass is 9.97. The molecule has 0 radical (unpaired) electrons. The van der Waals surface area contributed by atoms with Crippen LogP contribution in [0, 0.1) is 0 Å². The van der Waals surface area contributed by atoms with E-state index in [2.05, 4.69) is 49.5 Å². The Bertz CT molecular complexity index is 551. The molecular weight excluding hydrogens is 246 g/mol. The Hall–Kier alpha value is -1.80. The number of methoxy groups -OCH3 is 1. The molecule has 0 heterocycles. The molecule has 0 aromatic heterocycles. The number of para-hydroxylation sites is 1. The summed E-state index contributed by atoms with van der Waals surface area (Å²) >= 11 is 0. The summed E-state index contributed by atoms with van der Waals surface area (Å²) in [5, 5.41) is 3.52. The second-order valence-corrected chi connectivity index (χ2v) is 4.84. The number of nitrogens with one attached hydrogen (secondary N) is 1. The van der Waals surface area contributed by atoms with Gasteiger partial charge in [-0.2, -0.15) is 0 Å². The predicted molar refractivity (Wildman–Crippen MR) is 85.1 cm³/mol. The number of benzene rings is 2. The van der Waals surface area contributed by atoms with Gasteiger partial charge in [-0.1, -0.05) is 50.2 Å². The van der Waals surface area contributed by atoms with E-state index in [1.54, 1.807) is 7.11 Å². The van der Waals surface area contributed by atoms with Crippen molar-refractivity contribution < 1.29 is 4.74 Å². The van der Waals surface area contributed by atoms with Gasteiger partial charge in [0.1, 0.15) is 5.75 Å². The molecule has 0 saturated carbocycles. The van der Waals surface area contributed by atoms with Crippen LogP contribution in [0.5, 0.6) is 5.75 Å². The SMILES string of the molecule is CCNC(CC)c1cccc(-c2ccccc2OC)c1. The summed E-state index contributed by atoms with van der Waals surface area (Å²) < 4.78 is 5.46. The summed E-state index contributed by atoms with van der Waals surface area (Å²) in [6, 6.07) is 17.3. The second kappa shape index (κ2) is 7.11. The van der Waals surface area contributed by atoms with Crippen LogP contribution in [0.4, 0.5) is 0 Å². The molecule has 0 fully saturated rings. The van der Waals surface area contributed by atoms with Gasteiger partial charge in [-0.05, 0) is 36.2 Å². The third-order valence-corrected chi connectivity index (χ3v) is 3.57. The summed E-state index contributed by atoms with van der Waals surface area (Å²) in [5.41, 5.74) is 3.68. The predicted octanol–water partition coefficient (Wildman–Crippen LogP) is 4.42. The van der Waals surface area contributed by atoms with Crippen LogP contribution in [-0.4, -0.2) is 13.7 Å². The Morgan fingerprint density at radius 1 is 1.05 bits per heavy atom. The van der Waals surface area contributed by atoms with E-state index in [1.165, 1.54) is 11.1 Å². The molecule has 1 unspecified atom stereocenters. The lowest BCUT2D eigenvalue weighted by Gasteiger charge is -2.17. The van der Waals surface area contributed by atoms with Crippen molar-refractivity contribution in [1.29, 1.82) is 0 Å². The minimum absolute atomic E-state index is 0.412. The van der Waals surface area contributed by atoms with Crippen molar-refractivity contribution in [2.45, 2.75) is 26.3 Å². The molecule has 2 nitrogen and oxygen atoms in total. The molecule has 0 aliphatic heterocycles. The average Bonchev–Trinajstić information content (AvgIpc) is 2.52. The maximum absolute atomic E-state index is 5.46. The van der Waals surface area contributed by atoms with Crippen molar-refractivity contribution in [1.82, 2.24) is 5.32 Å². The highest BCUT2D eigenvalue weighted by atomic mass is 16.5. The van der Waals surface area contributed by atoms with E-state index in [-0.39, 0.29) is 0 Å². The fourth-order valence-corrected chi connectivity index (χ4v) is 2.55. The second-order valence-electron chi connectivity index (χ2n) is 4.84. The largest absolute Gasteiger partial charge is 0.496 e. The van der Waals surface area contributed by atoms with E-state index in [9.17, 15) is 0 Å². The minimum Gasteiger partial charge on any atom is -0.496 e. The standard InChI is InChI=1S/C18H23NO/c1-4-17(19-5-2)15-10-8-9-14(13-15)16-11-6-7-12-18(16)20-3/h6-13,17,19H,4-5H2,1-3H3. The van der Waals surface area contributed by atoms with Gasteiger partial charge in [0.05, 0.1) is 7.11 Å². The van der Waals surface area contributed by atoms with Gasteiger partial charge in [-0.3, -0.25) is 0 Å². The fraction of sp³-hybridized carbons (Fsp3) is 0.333. The van der Waals surface area contributed by atoms with Crippen LogP contribution >= 0.6 is 0 Å². The van der Waals surface area contributed by atoms with Crippen LogP contribution in [0.2, 0.25) is 0 Å². The normalized spacial score (nSPS) is 12.2. The molecule has 20 heavy (non-hydrogen) atoms. The number of rotatable bonds is 6. The molecule has 0 amide bonds. The first kappa shape index (κ1) is 14.6. The Kier molecular flexibility index (Phi) is 5.19. The monoisotopic (exact) mass is 269 g/mol. The number of hydrogen-bond donors (Lipinski definition) is 1. The lowest BCUT2D eigenvalue weighted by molar-refractivity contribution is 0.416. The summed E-state index contributed by atoms with van der Waals surface area (Å²) in [4.78, 5) is 0. The molecule has 1 atom stereocenters. The van der Waals surface area contributed by atoms with Gasteiger partial charge in [0.2, 0.25) is 0 Å².